The molecule has 1 atom stereocenters. The molecule has 1 aromatic heterocycles. The van der Waals surface area contributed by atoms with Gasteiger partial charge >= 0.3 is 0 Å². The minimum atomic E-state index is -0.102. The maximum Gasteiger partial charge on any atom is 0.244 e. The molecule has 2 heterocycles. The van der Waals surface area contributed by atoms with E-state index >= 15 is 0 Å². The van der Waals surface area contributed by atoms with Gasteiger partial charge in [-0.1, -0.05) is 55.0 Å². The predicted molar refractivity (Wildman–Crippen MR) is 130 cm³/mol. The zero-order valence-electron chi connectivity index (χ0n) is 19.1. The molecule has 34 heavy (non-hydrogen) atoms. The van der Waals surface area contributed by atoms with Gasteiger partial charge in [-0.2, -0.15) is 0 Å². The van der Waals surface area contributed by atoms with Crippen LogP contribution in [0.4, 0.5) is 5.69 Å². The van der Waals surface area contributed by atoms with E-state index in [0.717, 1.165) is 36.9 Å². The molecule has 0 saturated heterocycles. The molecule has 0 fully saturated rings. The molecule has 2 amide bonds. The number of fused-ring (bicyclic) bond motifs is 1. The number of aromatic nitrogens is 1. The molecule has 0 saturated carbocycles. The summed E-state index contributed by atoms with van der Waals surface area (Å²) in [5, 5.41) is 2.91. The van der Waals surface area contributed by atoms with Crippen molar-refractivity contribution in [3.05, 3.63) is 102 Å². The average Bonchev–Trinajstić information content (AvgIpc) is 3.26. The first kappa shape index (κ1) is 25.2. The standard InChI is InChI=1S/C28H29N3O2.ClH/c32-27(17-16-22-10-9-18-29-21-22)30-19-8-2-5-15-28(33)31-25-14-7-6-13-24(25)20-26(31)23-11-3-1-4-12-23;/h1,3-4,6-7,9-14,16-18,21,26H,2,5,8,15,19-20H2,(H,30,32);1H/b17-16+;. The first-order valence-electron chi connectivity index (χ1n) is 11.6. The molecule has 0 radical (unpaired) electrons. The summed E-state index contributed by atoms with van der Waals surface area (Å²) >= 11 is 0. The number of unbranched alkanes of at least 4 members (excludes halogenated alkanes) is 2. The molecule has 1 aliphatic rings. The lowest BCUT2D eigenvalue weighted by Gasteiger charge is -2.26. The van der Waals surface area contributed by atoms with E-state index in [4.69, 9.17) is 0 Å². The summed E-state index contributed by atoms with van der Waals surface area (Å²) < 4.78 is 0. The number of carbonyl (C=O) groups excluding carboxylic acids is 2. The van der Waals surface area contributed by atoms with Gasteiger partial charge in [-0.05, 0) is 48.6 Å². The highest BCUT2D eigenvalue weighted by Gasteiger charge is 2.33. The van der Waals surface area contributed by atoms with E-state index in [0.29, 0.717) is 13.0 Å². The minimum absolute atomic E-state index is 0. The van der Waals surface area contributed by atoms with Crippen molar-refractivity contribution in [2.24, 2.45) is 0 Å². The zero-order chi connectivity index (χ0) is 22.9. The Bertz CT molecular complexity index is 1100. The van der Waals surface area contributed by atoms with Gasteiger partial charge in [-0.15, -0.1) is 0 Å². The van der Waals surface area contributed by atoms with Crippen LogP contribution in [0.5, 0.6) is 0 Å². The molecule has 2 N–H and O–H groups in total. The number of hydrogen-bond donors (Lipinski definition) is 1. The zero-order valence-corrected chi connectivity index (χ0v) is 19.9. The number of nitrogens with zero attached hydrogens (tertiary/aromatic N) is 1. The smallest absolute Gasteiger partial charge is 0.244 e. The predicted octanol–water partition coefficient (Wildman–Crippen LogP) is 1.53. The second kappa shape index (κ2) is 12.7. The third-order valence-corrected chi connectivity index (χ3v) is 5.95. The third-order valence-electron chi connectivity index (χ3n) is 5.95. The van der Waals surface area contributed by atoms with Crippen molar-refractivity contribution in [2.45, 2.75) is 38.1 Å². The summed E-state index contributed by atoms with van der Waals surface area (Å²) in [4.78, 5) is 30.1. The molecule has 0 spiro atoms. The van der Waals surface area contributed by atoms with Crippen LogP contribution in [0, 0.1) is 0 Å². The molecule has 1 unspecified atom stereocenters. The number of H-pyrrole nitrogens is 1. The fourth-order valence-corrected chi connectivity index (χ4v) is 4.29. The Morgan fingerprint density at radius 3 is 2.56 bits per heavy atom. The highest BCUT2D eigenvalue weighted by Crippen LogP contribution is 2.40. The van der Waals surface area contributed by atoms with E-state index in [-0.39, 0.29) is 30.3 Å². The monoisotopic (exact) mass is 475 g/mol. The van der Waals surface area contributed by atoms with Crippen molar-refractivity contribution in [2.75, 3.05) is 11.4 Å². The number of pyridine rings is 1. The number of nitrogens with one attached hydrogen (secondary N) is 2. The summed E-state index contributed by atoms with van der Waals surface area (Å²) in [6.45, 7) is 0.609. The number of halogens is 1. The van der Waals surface area contributed by atoms with E-state index in [1.54, 1.807) is 12.2 Å². The average molecular weight is 476 g/mol. The van der Waals surface area contributed by atoms with Gasteiger partial charge in [-0.25, -0.2) is 4.98 Å². The second-order valence-electron chi connectivity index (χ2n) is 8.29. The van der Waals surface area contributed by atoms with Crippen LogP contribution >= 0.6 is 0 Å². The Hall–Kier alpha value is -3.44. The molecule has 0 bridgehead atoms. The van der Waals surface area contributed by atoms with Crippen LogP contribution in [0.1, 0.15) is 48.4 Å². The Balaban J connectivity index is 0.00000324. The number of aromatic amines is 1. The molecule has 1 aliphatic heterocycles. The van der Waals surface area contributed by atoms with Gasteiger partial charge in [-0.3, -0.25) is 9.59 Å². The summed E-state index contributed by atoms with van der Waals surface area (Å²) in [6.07, 6.45) is 10.9. The molecule has 5 nitrogen and oxygen atoms in total. The first-order chi connectivity index (χ1) is 16.2. The van der Waals surface area contributed by atoms with Gasteiger partial charge in [0.15, 0.2) is 12.4 Å². The lowest BCUT2D eigenvalue weighted by Crippen LogP contribution is -3.00. The van der Waals surface area contributed by atoms with Gasteiger partial charge in [0.2, 0.25) is 11.8 Å². The largest absolute Gasteiger partial charge is 1.00 e. The molecule has 176 valence electrons. The van der Waals surface area contributed by atoms with Crippen molar-refractivity contribution in [1.82, 2.24) is 5.32 Å². The topological polar surface area (TPSA) is 63.6 Å². The van der Waals surface area contributed by atoms with E-state index in [1.165, 1.54) is 11.1 Å². The van der Waals surface area contributed by atoms with Crippen LogP contribution in [-0.4, -0.2) is 18.4 Å². The molecule has 3 aromatic rings. The Labute approximate surface area is 207 Å². The Morgan fingerprint density at radius 1 is 0.971 bits per heavy atom. The summed E-state index contributed by atoms with van der Waals surface area (Å²) in [5.74, 6) is 0.0646. The van der Waals surface area contributed by atoms with E-state index in [2.05, 4.69) is 28.5 Å². The fraction of sp³-hybridized carbons (Fsp3) is 0.250. The summed E-state index contributed by atoms with van der Waals surface area (Å²) in [7, 11) is 0. The number of amides is 2. The lowest BCUT2D eigenvalue weighted by atomic mass is 10.0. The van der Waals surface area contributed by atoms with Crippen molar-refractivity contribution in [1.29, 1.82) is 0 Å². The number of carbonyl (C=O) groups is 2. The van der Waals surface area contributed by atoms with Crippen LogP contribution in [-0.2, 0) is 16.0 Å². The molecular formula is C28H30ClN3O2. The number of hydrogen-bond acceptors (Lipinski definition) is 2. The fourth-order valence-electron chi connectivity index (χ4n) is 4.29. The third kappa shape index (κ3) is 6.55. The molecule has 2 aromatic carbocycles. The van der Waals surface area contributed by atoms with E-state index in [1.807, 2.05) is 65.8 Å². The molecule has 6 heteroatoms. The van der Waals surface area contributed by atoms with Crippen LogP contribution in [0.3, 0.4) is 0 Å². The number of rotatable bonds is 9. The quantitative estimate of drug-likeness (QED) is 0.377. The van der Waals surface area contributed by atoms with Gasteiger partial charge in [0.25, 0.3) is 0 Å². The number of anilines is 1. The highest BCUT2D eigenvalue weighted by molar-refractivity contribution is 5.96. The normalized spacial score (nSPS) is 14.5. The second-order valence-corrected chi connectivity index (χ2v) is 8.29. The maximum atomic E-state index is 13.2. The first-order valence-corrected chi connectivity index (χ1v) is 11.6. The van der Waals surface area contributed by atoms with Crippen LogP contribution in [0.15, 0.2) is 85.2 Å². The summed E-state index contributed by atoms with van der Waals surface area (Å²) in [6, 6.07) is 22.4. The lowest BCUT2D eigenvalue weighted by molar-refractivity contribution is -0.378. The van der Waals surface area contributed by atoms with Crippen molar-refractivity contribution < 1.29 is 27.0 Å². The highest BCUT2D eigenvalue weighted by atomic mass is 35.5. The van der Waals surface area contributed by atoms with Crippen molar-refractivity contribution in [3.63, 3.8) is 0 Å². The van der Waals surface area contributed by atoms with Gasteiger partial charge in [0.05, 0.1) is 6.04 Å². The van der Waals surface area contributed by atoms with E-state index in [9.17, 15) is 9.59 Å². The Morgan fingerprint density at radius 2 is 1.76 bits per heavy atom. The minimum Gasteiger partial charge on any atom is -1.00 e. The van der Waals surface area contributed by atoms with Crippen LogP contribution < -0.4 is 27.6 Å². The van der Waals surface area contributed by atoms with Crippen molar-refractivity contribution >= 4 is 23.6 Å². The Kier molecular flexibility index (Phi) is 9.41. The van der Waals surface area contributed by atoms with Gasteiger partial charge in [0.1, 0.15) is 0 Å². The van der Waals surface area contributed by atoms with Gasteiger partial charge < -0.3 is 22.6 Å². The van der Waals surface area contributed by atoms with E-state index < -0.39 is 0 Å². The van der Waals surface area contributed by atoms with Crippen molar-refractivity contribution in [3.8, 4) is 0 Å². The number of benzene rings is 2. The van der Waals surface area contributed by atoms with Gasteiger partial charge in [0, 0.05) is 36.4 Å². The van der Waals surface area contributed by atoms with Crippen LogP contribution in [0.2, 0.25) is 0 Å². The molecule has 0 aliphatic carbocycles. The number of para-hydroxylation sites is 1. The molecule has 4 rings (SSSR count). The SMILES string of the molecule is O=C(/C=C/c1ccc[nH+]c1)NCCCCCC(=O)N1c2ccccc2CC1c1ccccc1.[Cl-]. The maximum absolute atomic E-state index is 13.2. The van der Waals surface area contributed by atoms with Crippen LogP contribution in [0.25, 0.3) is 6.08 Å². The summed E-state index contributed by atoms with van der Waals surface area (Å²) in [5.41, 5.74) is 4.38. The molecular weight excluding hydrogens is 446 g/mol.